The van der Waals surface area contributed by atoms with Crippen LogP contribution in [-0.4, -0.2) is 21.2 Å². The van der Waals surface area contributed by atoms with E-state index >= 15 is 0 Å². The fourth-order valence-corrected chi connectivity index (χ4v) is 3.59. The predicted octanol–water partition coefficient (Wildman–Crippen LogP) is 4.25. The number of nitrogens with zero attached hydrogens (tertiary/aromatic N) is 2. The second-order valence-electron chi connectivity index (χ2n) is 6.34. The van der Waals surface area contributed by atoms with E-state index in [1.165, 1.54) is 0 Å². The van der Waals surface area contributed by atoms with Gasteiger partial charge in [0.1, 0.15) is 5.69 Å². The molecule has 0 amide bonds. The molecule has 0 unspecified atom stereocenters. The molecule has 0 atom stereocenters. The average molecular weight is 378 g/mol. The number of rotatable bonds is 4. The van der Waals surface area contributed by atoms with Crippen LogP contribution in [0, 0.1) is 0 Å². The first-order chi connectivity index (χ1) is 13.0. The van der Waals surface area contributed by atoms with Crippen molar-refractivity contribution in [1.29, 1.82) is 0 Å². The molecule has 0 saturated heterocycles. The van der Waals surface area contributed by atoms with Crippen molar-refractivity contribution in [2.45, 2.75) is 0 Å². The number of carbonyl (C=O) groups excluding carboxylic acids is 2. The zero-order chi connectivity index (χ0) is 19.1. The molecule has 134 valence electrons. The van der Waals surface area contributed by atoms with Gasteiger partial charge in [0.2, 0.25) is 5.78 Å². The lowest BCUT2D eigenvalue weighted by atomic mass is 10.0. The summed E-state index contributed by atoms with van der Waals surface area (Å²) in [6.45, 7) is 0. The highest BCUT2D eigenvalue weighted by molar-refractivity contribution is 6.34. The molecule has 4 rings (SSSR count). The van der Waals surface area contributed by atoms with E-state index in [1.54, 1.807) is 22.9 Å². The topological polar surface area (TPSA) is 70.0 Å². The van der Waals surface area contributed by atoms with Crippen LogP contribution in [0.3, 0.4) is 0 Å². The number of hydrogen-bond acceptors (Lipinski definition) is 3. The lowest BCUT2D eigenvalue weighted by Crippen LogP contribution is -2.09. The number of aldehydes is 1. The molecule has 0 aliphatic heterocycles. The van der Waals surface area contributed by atoms with Gasteiger partial charge in [-0.2, -0.15) is 0 Å². The van der Waals surface area contributed by atoms with Crippen LogP contribution >= 0.6 is 11.6 Å². The van der Waals surface area contributed by atoms with Crippen molar-refractivity contribution in [1.82, 2.24) is 9.13 Å². The molecular formula is C21H16ClN3O2. The van der Waals surface area contributed by atoms with Gasteiger partial charge in [0.05, 0.1) is 11.2 Å². The maximum Gasteiger partial charge on any atom is 0.242 e. The summed E-state index contributed by atoms with van der Waals surface area (Å²) in [7, 11) is 1.92. The Morgan fingerprint density at radius 3 is 2.70 bits per heavy atom. The second-order valence-corrected chi connectivity index (χ2v) is 6.78. The number of nitrogens with two attached hydrogens (primary N) is 1. The third kappa shape index (κ3) is 2.82. The normalized spacial score (nSPS) is 11.0. The summed E-state index contributed by atoms with van der Waals surface area (Å²) in [6, 6.07) is 14.6. The van der Waals surface area contributed by atoms with Crippen LogP contribution in [-0.2, 0) is 11.8 Å². The lowest BCUT2D eigenvalue weighted by Gasteiger charge is -2.08. The zero-order valence-corrected chi connectivity index (χ0v) is 15.3. The Bertz CT molecular complexity index is 1200. The monoisotopic (exact) mass is 377 g/mol. The minimum atomic E-state index is -0.601. The number of anilines is 1. The molecule has 0 fully saturated rings. The summed E-state index contributed by atoms with van der Waals surface area (Å²) in [5.41, 5.74) is 9.94. The van der Waals surface area contributed by atoms with Gasteiger partial charge in [-0.1, -0.05) is 23.7 Å². The third-order valence-corrected chi connectivity index (χ3v) is 4.85. The van der Waals surface area contributed by atoms with Crippen LogP contribution in [0.1, 0.15) is 10.5 Å². The van der Waals surface area contributed by atoms with Crippen molar-refractivity contribution in [3.05, 3.63) is 71.6 Å². The number of ketones is 1. The summed E-state index contributed by atoms with van der Waals surface area (Å²) in [5, 5.41) is 1.49. The Morgan fingerprint density at radius 2 is 1.96 bits per heavy atom. The molecule has 0 bridgehead atoms. The quantitative estimate of drug-likeness (QED) is 0.250. The van der Waals surface area contributed by atoms with Crippen molar-refractivity contribution in [3.8, 4) is 16.8 Å². The number of nitrogen functional groups attached to an aromatic ring is 1. The van der Waals surface area contributed by atoms with Crippen LogP contribution < -0.4 is 5.73 Å². The number of hydrogen-bond donors (Lipinski definition) is 1. The van der Waals surface area contributed by atoms with E-state index in [-0.39, 0.29) is 0 Å². The van der Waals surface area contributed by atoms with Gasteiger partial charge < -0.3 is 14.9 Å². The Balaban J connectivity index is 2.01. The average Bonchev–Trinajstić information content (AvgIpc) is 3.22. The number of halogens is 1. The maximum atomic E-state index is 12.5. The predicted molar refractivity (Wildman–Crippen MR) is 107 cm³/mol. The van der Waals surface area contributed by atoms with Crippen LogP contribution in [0.15, 0.2) is 60.9 Å². The molecule has 0 aliphatic carbocycles. The molecule has 0 aliphatic rings. The highest BCUT2D eigenvalue weighted by atomic mass is 35.5. The van der Waals surface area contributed by atoms with E-state index < -0.39 is 5.78 Å². The number of aryl methyl sites for hydroxylation is 1. The lowest BCUT2D eigenvalue weighted by molar-refractivity contribution is -0.104. The van der Waals surface area contributed by atoms with Crippen molar-refractivity contribution < 1.29 is 9.59 Å². The molecule has 0 radical (unpaired) electrons. The van der Waals surface area contributed by atoms with Gasteiger partial charge >= 0.3 is 0 Å². The van der Waals surface area contributed by atoms with Gasteiger partial charge in [-0.3, -0.25) is 9.59 Å². The molecule has 27 heavy (non-hydrogen) atoms. The largest absolute Gasteiger partial charge is 0.399 e. The van der Waals surface area contributed by atoms with Crippen molar-refractivity contribution in [2.24, 2.45) is 7.05 Å². The molecule has 4 aromatic rings. The molecule has 0 spiro atoms. The van der Waals surface area contributed by atoms with Gasteiger partial charge in [-0.15, -0.1) is 0 Å². The van der Waals surface area contributed by atoms with E-state index in [0.29, 0.717) is 28.3 Å². The SMILES string of the molecule is Cn1cc(-n2ccc(-c3cccc(N)c3)c2C(=O)C=O)c2cc(Cl)ccc21. The van der Waals surface area contributed by atoms with Crippen molar-refractivity contribution in [2.75, 3.05) is 5.73 Å². The van der Waals surface area contributed by atoms with Gasteiger partial charge in [0.25, 0.3) is 0 Å². The second kappa shape index (κ2) is 6.45. The fourth-order valence-electron chi connectivity index (χ4n) is 3.41. The van der Waals surface area contributed by atoms with Gasteiger partial charge in [-0.05, 0) is 42.0 Å². The first kappa shape index (κ1) is 17.1. The van der Waals surface area contributed by atoms with Crippen LogP contribution in [0.2, 0.25) is 5.02 Å². The first-order valence-electron chi connectivity index (χ1n) is 8.31. The molecule has 6 heteroatoms. The number of carbonyl (C=O) groups is 2. The number of Topliss-reactive ketones (excluding diaryl/α,β-unsaturated/α-hetero) is 1. The third-order valence-electron chi connectivity index (χ3n) is 4.61. The summed E-state index contributed by atoms with van der Waals surface area (Å²) >= 11 is 6.18. The molecule has 2 heterocycles. The van der Waals surface area contributed by atoms with Crippen LogP contribution in [0.4, 0.5) is 5.69 Å². The molecule has 5 nitrogen and oxygen atoms in total. The molecule has 2 aromatic heterocycles. The fraction of sp³-hybridized carbons (Fsp3) is 0.0476. The number of benzene rings is 2. The van der Waals surface area contributed by atoms with Gasteiger partial charge in [0.15, 0.2) is 6.29 Å². The zero-order valence-electron chi connectivity index (χ0n) is 14.5. The Labute approximate surface area is 160 Å². The van der Waals surface area contributed by atoms with Crippen molar-refractivity contribution >= 4 is 40.3 Å². The van der Waals surface area contributed by atoms with E-state index in [9.17, 15) is 9.59 Å². The Morgan fingerprint density at radius 1 is 1.15 bits per heavy atom. The Kier molecular flexibility index (Phi) is 4.09. The maximum absolute atomic E-state index is 12.5. The van der Waals surface area contributed by atoms with E-state index in [2.05, 4.69) is 0 Å². The number of aromatic nitrogens is 2. The molecule has 2 aromatic carbocycles. The highest BCUT2D eigenvalue weighted by Gasteiger charge is 2.21. The van der Waals surface area contributed by atoms with Crippen LogP contribution in [0.25, 0.3) is 27.7 Å². The summed E-state index contributed by atoms with van der Waals surface area (Å²) in [6.07, 6.45) is 4.02. The first-order valence-corrected chi connectivity index (χ1v) is 8.69. The van der Waals surface area contributed by atoms with Crippen LogP contribution in [0.5, 0.6) is 0 Å². The minimum absolute atomic E-state index is 0.295. The van der Waals surface area contributed by atoms with E-state index in [1.807, 2.05) is 54.2 Å². The van der Waals surface area contributed by atoms with Gasteiger partial charge in [0, 0.05) is 41.1 Å². The van der Waals surface area contributed by atoms with E-state index in [0.717, 1.165) is 22.2 Å². The molecular weight excluding hydrogens is 362 g/mol. The smallest absolute Gasteiger partial charge is 0.242 e. The molecule has 2 N–H and O–H groups in total. The molecule has 0 saturated carbocycles. The summed E-state index contributed by atoms with van der Waals surface area (Å²) in [4.78, 5) is 23.9. The highest BCUT2D eigenvalue weighted by Crippen LogP contribution is 2.33. The minimum Gasteiger partial charge on any atom is -0.399 e. The number of fused-ring (bicyclic) bond motifs is 1. The summed E-state index contributed by atoms with van der Waals surface area (Å²) in [5.74, 6) is -0.601. The van der Waals surface area contributed by atoms with Crippen molar-refractivity contribution in [3.63, 3.8) is 0 Å². The van der Waals surface area contributed by atoms with Gasteiger partial charge in [-0.25, -0.2) is 0 Å². The Hall–Kier alpha value is -3.31. The van der Waals surface area contributed by atoms with E-state index in [4.69, 9.17) is 17.3 Å². The summed E-state index contributed by atoms with van der Waals surface area (Å²) < 4.78 is 3.68. The standard InChI is InChI=1S/C21H16ClN3O2/c1-24-11-19(17-10-14(22)5-6-18(17)24)25-8-7-16(21(25)20(27)12-26)13-3-2-4-15(23)9-13/h2-12H,23H2,1H3.